The molecule has 2 heterocycles. The molecule has 0 saturated heterocycles. The molecular formula is C10H11ClN6O. The van der Waals surface area contributed by atoms with Crippen LogP contribution in [0.15, 0.2) is 18.5 Å². The Kier molecular flexibility index (Phi) is 3.83. The van der Waals surface area contributed by atoms with Gasteiger partial charge in [0.05, 0.1) is 12.7 Å². The van der Waals surface area contributed by atoms with Crippen molar-refractivity contribution < 1.29 is 4.79 Å². The van der Waals surface area contributed by atoms with Gasteiger partial charge in [-0.25, -0.2) is 9.97 Å². The van der Waals surface area contributed by atoms with E-state index in [2.05, 4.69) is 25.6 Å². The second-order valence-electron chi connectivity index (χ2n) is 3.59. The molecule has 94 valence electrons. The van der Waals surface area contributed by atoms with Crippen LogP contribution in [0.25, 0.3) is 0 Å². The van der Waals surface area contributed by atoms with Crippen molar-refractivity contribution in [3.05, 3.63) is 35.1 Å². The minimum Gasteiger partial charge on any atom is -0.349 e. The normalized spacial score (nSPS) is 10.3. The van der Waals surface area contributed by atoms with Gasteiger partial charge in [0.15, 0.2) is 0 Å². The molecule has 0 bridgehead atoms. The summed E-state index contributed by atoms with van der Waals surface area (Å²) in [5.74, 6) is -0.289. The maximum Gasteiger partial charge on any atom is 0.270 e. The largest absolute Gasteiger partial charge is 0.349 e. The predicted octanol–water partition coefficient (Wildman–Crippen LogP) is 0.460. The van der Waals surface area contributed by atoms with Gasteiger partial charge in [-0.15, -0.1) is 5.10 Å². The van der Waals surface area contributed by atoms with Crippen molar-refractivity contribution in [2.75, 3.05) is 6.54 Å². The zero-order valence-electron chi connectivity index (χ0n) is 9.67. The van der Waals surface area contributed by atoms with Crippen LogP contribution in [0, 0.1) is 6.92 Å². The molecule has 0 saturated carbocycles. The van der Waals surface area contributed by atoms with Crippen molar-refractivity contribution in [3.8, 4) is 0 Å². The fourth-order valence-electron chi connectivity index (χ4n) is 1.38. The van der Waals surface area contributed by atoms with Crippen LogP contribution < -0.4 is 5.32 Å². The van der Waals surface area contributed by atoms with Crippen LogP contribution in [0.4, 0.5) is 0 Å². The Morgan fingerprint density at radius 1 is 1.50 bits per heavy atom. The number of aryl methyl sites for hydroxylation is 1. The quantitative estimate of drug-likeness (QED) is 0.813. The first-order chi connectivity index (χ1) is 8.65. The number of hydrogen-bond donors (Lipinski definition) is 1. The Labute approximate surface area is 108 Å². The van der Waals surface area contributed by atoms with E-state index in [0.717, 1.165) is 0 Å². The van der Waals surface area contributed by atoms with E-state index in [-0.39, 0.29) is 16.9 Å². The van der Waals surface area contributed by atoms with Gasteiger partial charge in [0, 0.05) is 18.4 Å². The van der Waals surface area contributed by atoms with Crippen molar-refractivity contribution in [2.24, 2.45) is 0 Å². The zero-order chi connectivity index (χ0) is 13.0. The fourth-order valence-corrected chi connectivity index (χ4v) is 1.60. The van der Waals surface area contributed by atoms with Crippen molar-refractivity contribution in [1.82, 2.24) is 30.3 Å². The van der Waals surface area contributed by atoms with E-state index in [1.165, 1.54) is 0 Å². The Hall–Kier alpha value is -2.02. The average molecular weight is 267 g/mol. The van der Waals surface area contributed by atoms with E-state index in [4.69, 9.17) is 11.6 Å². The molecule has 2 aromatic heterocycles. The number of nitrogens with one attached hydrogen (secondary N) is 1. The summed E-state index contributed by atoms with van der Waals surface area (Å²) in [7, 11) is 0. The molecule has 7 nitrogen and oxygen atoms in total. The van der Waals surface area contributed by atoms with E-state index in [1.807, 2.05) is 0 Å². The molecule has 2 rings (SSSR count). The molecule has 0 radical (unpaired) electrons. The number of carbonyl (C=O) groups is 1. The van der Waals surface area contributed by atoms with Crippen LogP contribution >= 0.6 is 11.6 Å². The first-order valence-corrected chi connectivity index (χ1v) is 5.66. The average Bonchev–Trinajstić information content (AvgIpc) is 2.80. The van der Waals surface area contributed by atoms with Crippen molar-refractivity contribution in [2.45, 2.75) is 13.5 Å². The summed E-state index contributed by atoms with van der Waals surface area (Å²) in [4.78, 5) is 19.5. The first kappa shape index (κ1) is 12.4. The van der Waals surface area contributed by atoms with Gasteiger partial charge in [0.25, 0.3) is 5.91 Å². The van der Waals surface area contributed by atoms with Gasteiger partial charge < -0.3 is 5.32 Å². The third-order valence-corrected chi connectivity index (χ3v) is 2.33. The van der Waals surface area contributed by atoms with E-state index in [1.54, 1.807) is 30.1 Å². The van der Waals surface area contributed by atoms with Crippen LogP contribution in [-0.4, -0.2) is 37.4 Å². The molecule has 1 amide bonds. The lowest BCUT2D eigenvalue weighted by Gasteiger charge is -2.05. The SMILES string of the molecule is Cc1cc(C(=O)NCCn2ccnn2)nc(Cl)n1. The highest BCUT2D eigenvalue weighted by molar-refractivity contribution is 6.28. The Bertz CT molecular complexity index is 521. The Balaban J connectivity index is 1.91. The molecule has 2 aromatic rings. The highest BCUT2D eigenvalue weighted by Gasteiger charge is 2.09. The van der Waals surface area contributed by atoms with E-state index >= 15 is 0 Å². The van der Waals surface area contributed by atoms with Crippen LogP contribution in [-0.2, 0) is 6.54 Å². The molecule has 1 N–H and O–H groups in total. The second-order valence-corrected chi connectivity index (χ2v) is 3.92. The topological polar surface area (TPSA) is 85.6 Å². The number of halogens is 1. The van der Waals surface area contributed by atoms with Gasteiger partial charge >= 0.3 is 0 Å². The Morgan fingerprint density at radius 2 is 2.33 bits per heavy atom. The number of nitrogens with zero attached hydrogens (tertiary/aromatic N) is 5. The minimum absolute atomic E-state index is 0.0661. The summed E-state index contributed by atoms with van der Waals surface area (Å²) in [6.07, 6.45) is 3.30. The molecule has 0 aromatic carbocycles. The maximum absolute atomic E-state index is 11.8. The van der Waals surface area contributed by atoms with E-state index in [0.29, 0.717) is 18.8 Å². The molecule has 0 aliphatic heterocycles. The summed E-state index contributed by atoms with van der Waals surface area (Å²) >= 11 is 5.68. The molecule has 8 heteroatoms. The molecule has 0 fully saturated rings. The van der Waals surface area contributed by atoms with Gasteiger partial charge in [-0.2, -0.15) is 0 Å². The van der Waals surface area contributed by atoms with Crippen LogP contribution in [0.3, 0.4) is 0 Å². The van der Waals surface area contributed by atoms with Crippen molar-refractivity contribution in [3.63, 3.8) is 0 Å². The highest BCUT2D eigenvalue weighted by Crippen LogP contribution is 2.04. The molecule has 0 aliphatic carbocycles. The minimum atomic E-state index is -0.289. The number of rotatable bonds is 4. The molecular weight excluding hydrogens is 256 g/mol. The van der Waals surface area contributed by atoms with Gasteiger partial charge in [-0.3, -0.25) is 9.48 Å². The molecule has 0 atom stereocenters. The summed E-state index contributed by atoms with van der Waals surface area (Å²) in [5, 5.41) is 10.2. The van der Waals surface area contributed by atoms with Crippen LogP contribution in [0.2, 0.25) is 5.28 Å². The fraction of sp³-hybridized carbons (Fsp3) is 0.300. The number of hydrogen-bond acceptors (Lipinski definition) is 5. The van der Waals surface area contributed by atoms with E-state index in [9.17, 15) is 4.79 Å². The highest BCUT2D eigenvalue weighted by atomic mass is 35.5. The standard InChI is InChI=1S/C10H11ClN6O/c1-7-6-8(15-10(11)14-7)9(18)12-2-4-17-5-3-13-16-17/h3,5-6H,2,4H2,1H3,(H,12,18). The molecule has 0 spiro atoms. The monoisotopic (exact) mass is 266 g/mol. The molecule has 18 heavy (non-hydrogen) atoms. The number of carbonyl (C=O) groups excluding carboxylic acids is 1. The van der Waals surface area contributed by atoms with Crippen LogP contribution in [0.5, 0.6) is 0 Å². The third-order valence-electron chi connectivity index (χ3n) is 2.16. The Morgan fingerprint density at radius 3 is 3.00 bits per heavy atom. The summed E-state index contributed by atoms with van der Waals surface area (Å²) in [6.45, 7) is 2.73. The third kappa shape index (κ3) is 3.24. The van der Waals surface area contributed by atoms with Gasteiger partial charge in [0.1, 0.15) is 5.69 Å². The maximum atomic E-state index is 11.8. The smallest absolute Gasteiger partial charge is 0.270 e. The van der Waals surface area contributed by atoms with Gasteiger partial charge in [0.2, 0.25) is 5.28 Å². The molecule has 0 unspecified atom stereocenters. The first-order valence-electron chi connectivity index (χ1n) is 5.28. The van der Waals surface area contributed by atoms with E-state index < -0.39 is 0 Å². The second kappa shape index (κ2) is 5.54. The zero-order valence-corrected chi connectivity index (χ0v) is 10.4. The summed E-state index contributed by atoms with van der Waals surface area (Å²) in [6, 6.07) is 1.58. The lowest BCUT2D eigenvalue weighted by Crippen LogP contribution is -2.28. The van der Waals surface area contributed by atoms with Gasteiger partial charge in [-0.05, 0) is 24.6 Å². The van der Waals surface area contributed by atoms with Gasteiger partial charge in [-0.1, -0.05) is 5.21 Å². The van der Waals surface area contributed by atoms with Crippen LogP contribution in [0.1, 0.15) is 16.2 Å². The summed E-state index contributed by atoms with van der Waals surface area (Å²) in [5.41, 5.74) is 0.905. The predicted molar refractivity (Wildman–Crippen MR) is 64.1 cm³/mol. The number of amides is 1. The van der Waals surface area contributed by atoms with Crippen molar-refractivity contribution >= 4 is 17.5 Å². The number of aromatic nitrogens is 5. The summed E-state index contributed by atoms with van der Waals surface area (Å²) < 4.78 is 1.62. The lowest BCUT2D eigenvalue weighted by atomic mass is 10.3. The molecule has 0 aliphatic rings. The lowest BCUT2D eigenvalue weighted by molar-refractivity contribution is 0.0946. The van der Waals surface area contributed by atoms with Crippen molar-refractivity contribution in [1.29, 1.82) is 0 Å².